The monoisotopic (exact) mass is 544 g/mol. The second-order valence-corrected chi connectivity index (χ2v) is 9.88. The summed E-state index contributed by atoms with van der Waals surface area (Å²) in [6.07, 6.45) is 5.50. The van der Waals surface area contributed by atoms with Crippen LogP contribution in [0.5, 0.6) is 0 Å². The third kappa shape index (κ3) is 4.63. The summed E-state index contributed by atoms with van der Waals surface area (Å²) in [5.41, 5.74) is 9.67. The zero-order chi connectivity index (χ0) is 28.7. The molecule has 10 nitrogen and oxygen atoms in total. The van der Waals surface area contributed by atoms with Gasteiger partial charge in [0, 0.05) is 42.9 Å². The van der Waals surface area contributed by atoms with Crippen molar-refractivity contribution in [2.45, 2.75) is 19.9 Å². The zero-order valence-electron chi connectivity index (χ0n) is 22.8. The SMILES string of the molecule is Cc1nn(C)cc1C#Cc1cccc2cc(C(C)NC(=O)c3c(N)nn4c3NCC=C4)n(-c3ccccc3)c(=O)c12. The number of benzene rings is 2. The highest BCUT2D eigenvalue weighted by atomic mass is 16.2. The van der Waals surface area contributed by atoms with Crippen LogP contribution in [-0.4, -0.2) is 36.6 Å². The highest BCUT2D eigenvalue weighted by Gasteiger charge is 2.26. The van der Waals surface area contributed by atoms with Gasteiger partial charge >= 0.3 is 0 Å². The summed E-state index contributed by atoms with van der Waals surface area (Å²) < 4.78 is 4.89. The Labute approximate surface area is 236 Å². The molecule has 0 saturated heterocycles. The average Bonchev–Trinajstić information content (AvgIpc) is 3.48. The van der Waals surface area contributed by atoms with Crippen molar-refractivity contribution < 1.29 is 4.79 Å². The molecule has 41 heavy (non-hydrogen) atoms. The number of rotatable bonds is 4. The number of hydrogen-bond acceptors (Lipinski definition) is 6. The van der Waals surface area contributed by atoms with Gasteiger partial charge in [0.15, 0.2) is 5.82 Å². The van der Waals surface area contributed by atoms with Crippen molar-refractivity contribution in [2.75, 3.05) is 17.6 Å². The minimum absolute atomic E-state index is 0.120. The van der Waals surface area contributed by atoms with E-state index >= 15 is 0 Å². The van der Waals surface area contributed by atoms with Crippen LogP contribution >= 0.6 is 0 Å². The largest absolute Gasteiger partial charge is 0.381 e. The third-order valence-corrected chi connectivity index (χ3v) is 7.02. The summed E-state index contributed by atoms with van der Waals surface area (Å²) in [5.74, 6) is 6.62. The molecule has 1 atom stereocenters. The van der Waals surface area contributed by atoms with Crippen molar-refractivity contribution in [1.82, 2.24) is 29.4 Å². The minimum atomic E-state index is -0.554. The normalized spacial score (nSPS) is 12.8. The first kappa shape index (κ1) is 25.7. The van der Waals surface area contributed by atoms with Crippen LogP contribution in [0.4, 0.5) is 11.6 Å². The first-order valence-corrected chi connectivity index (χ1v) is 13.2. The van der Waals surface area contributed by atoms with Crippen LogP contribution in [0.3, 0.4) is 0 Å². The number of aryl methyl sites for hydroxylation is 2. The molecule has 0 radical (unpaired) electrons. The van der Waals surface area contributed by atoms with Gasteiger partial charge < -0.3 is 16.4 Å². The Balaban J connectivity index is 1.47. The van der Waals surface area contributed by atoms with Crippen molar-refractivity contribution in [1.29, 1.82) is 0 Å². The van der Waals surface area contributed by atoms with Gasteiger partial charge in [-0.3, -0.25) is 18.8 Å². The maximum absolute atomic E-state index is 14.2. The van der Waals surface area contributed by atoms with Crippen LogP contribution in [0, 0.1) is 18.8 Å². The Kier molecular flexibility index (Phi) is 6.40. The number of hydrogen-bond donors (Lipinski definition) is 3. The van der Waals surface area contributed by atoms with E-state index in [4.69, 9.17) is 5.73 Å². The van der Waals surface area contributed by atoms with E-state index in [0.717, 1.165) is 16.6 Å². The lowest BCUT2D eigenvalue weighted by atomic mass is 10.0. The molecule has 0 bridgehead atoms. The maximum atomic E-state index is 14.2. The van der Waals surface area contributed by atoms with Gasteiger partial charge in [0.1, 0.15) is 11.4 Å². The first-order chi connectivity index (χ1) is 19.8. The molecule has 4 heterocycles. The van der Waals surface area contributed by atoms with Crippen LogP contribution in [0.2, 0.25) is 0 Å². The Morgan fingerprint density at radius 1 is 1.10 bits per heavy atom. The number of amides is 1. The molecule has 3 aromatic heterocycles. The summed E-state index contributed by atoms with van der Waals surface area (Å²) in [5, 5.41) is 16.0. The highest BCUT2D eigenvalue weighted by molar-refractivity contribution is 6.04. The summed E-state index contributed by atoms with van der Waals surface area (Å²) >= 11 is 0. The lowest BCUT2D eigenvalue weighted by Crippen LogP contribution is -2.33. The number of nitrogen functional groups attached to an aromatic ring is 1. The van der Waals surface area contributed by atoms with Gasteiger partial charge in [-0.25, -0.2) is 4.68 Å². The van der Waals surface area contributed by atoms with E-state index in [2.05, 4.69) is 32.7 Å². The highest BCUT2D eigenvalue weighted by Crippen LogP contribution is 2.27. The molecule has 1 unspecified atom stereocenters. The number of pyridine rings is 1. The third-order valence-electron chi connectivity index (χ3n) is 7.02. The van der Waals surface area contributed by atoms with Crippen molar-refractivity contribution in [3.05, 3.63) is 105 Å². The predicted octanol–water partition coefficient (Wildman–Crippen LogP) is 3.60. The second kappa shape index (κ2) is 10.2. The summed E-state index contributed by atoms with van der Waals surface area (Å²) in [6.45, 7) is 4.30. The molecule has 0 spiro atoms. The molecule has 1 amide bonds. The lowest BCUT2D eigenvalue weighted by Gasteiger charge is -2.21. The molecule has 10 heteroatoms. The zero-order valence-corrected chi connectivity index (χ0v) is 22.8. The van der Waals surface area contributed by atoms with E-state index in [1.165, 1.54) is 0 Å². The number of nitrogens with one attached hydrogen (secondary N) is 2. The number of nitrogens with two attached hydrogens (primary N) is 1. The number of carbonyl (C=O) groups is 1. The number of fused-ring (bicyclic) bond motifs is 2. The smallest absolute Gasteiger partial charge is 0.264 e. The number of para-hydroxylation sites is 1. The Hall–Kier alpha value is -5.56. The summed E-state index contributed by atoms with van der Waals surface area (Å²) in [7, 11) is 1.85. The van der Waals surface area contributed by atoms with Crippen molar-refractivity contribution in [3.8, 4) is 17.5 Å². The lowest BCUT2D eigenvalue weighted by molar-refractivity contribution is 0.0940. The predicted molar refractivity (Wildman–Crippen MR) is 160 cm³/mol. The number of carbonyl (C=O) groups excluding carboxylic acids is 1. The molecule has 0 fully saturated rings. The quantitative estimate of drug-likeness (QED) is 0.297. The van der Waals surface area contributed by atoms with E-state index in [1.807, 2.05) is 87.8 Å². The molecule has 6 rings (SSSR count). The van der Waals surface area contributed by atoms with Crippen molar-refractivity contribution in [3.63, 3.8) is 0 Å². The van der Waals surface area contributed by atoms with Gasteiger partial charge in [-0.15, -0.1) is 5.10 Å². The van der Waals surface area contributed by atoms with Gasteiger partial charge in [-0.05, 0) is 49.6 Å². The van der Waals surface area contributed by atoms with Crippen LogP contribution < -0.4 is 21.9 Å². The Bertz CT molecular complexity index is 1970. The molecule has 204 valence electrons. The van der Waals surface area contributed by atoms with E-state index < -0.39 is 11.9 Å². The van der Waals surface area contributed by atoms with E-state index in [1.54, 1.807) is 20.1 Å². The molecule has 2 aromatic carbocycles. The maximum Gasteiger partial charge on any atom is 0.264 e. The van der Waals surface area contributed by atoms with Crippen LogP contribution in [0.25, 0.3) is 22.7 Å². The Morgan fingerprint density at radius 2 is 1.88 bits per heavy atom. The topological polar surface area (TPSA) is 125 Å². The molecule has 0 saturated carbocycles. The first-order valence-electron chi connectivity index (χ1n) is 13.2. The number of aromatic nitrogens is 5. The fourth-order valence-corrected chi connectivity index (χ4v) is 5.11. The van der Waals surface area contributed by atoms with E-state index in [9.17, 15) is 9.59 Å². The standard InChI is InChI=1S/C31H28N8O2/c1-19-23(18-37(3)35-19)14-13-21-9-7-10-22-17-25(39(31(41)26(21)22)24-11-5-4-6-12-24)20(2)34-30(40)27-28(32)36-38-16-8-15-33-29(27)38/h4-12,16-18,20,33H,15H2,1-3H3,(H2,32,36)(H,34,40). The number of nitrogens with zero attached hydrogens (tertiary/aromatic N) is 5. The van der Waals surface area contributed by atoms with Crippen molar-refractivity contribution in [2.24, 2.45) is 7.05 Å². The van der Waals surface area contributed by atoms with Gasteiger partial charge in [0.05, 0.1) is 22.7 Å². The van der Waals surface area contributed by atoms with Gasteiger partial charge in [0.25, 0.3) is 11.5 Å². The molecule has 4 N–H and O–H groups in total. The van der Waals surface area contributed by atoms with Gasteiger partial charge in [0.2, 0.25) is 0 Å². The number of anilines is 2. The van der Waals surface area contributed by atoms with Gasteiger partial charge in [-0.2, -0.15) is 5.10 Å². The minimum Gasteiger partial charge on any atom is -0.381 e. The molecule has 0 aliphatic carbocycles. The molecule has 1 aliphatic rings. The fourth-order valence-electron chi connectivity index (χ4n) is 5.11. The van der Waals surface area contributed by atoms with E-state index in [0.29, 0.717) is 34.7 Å². The molecule has 1 aliphatic heterocycles. The van der Waals surface area contributed by atoms with Crippen LogP contribution in [0.1, 0.15) is 45.8 Å². The fraction of sp³-hybridized carbons (Fsp3) is 0.161. The second-order valence-electron chi connectivity index (χ2n) is 9.88. The van der Waals surface area contributed by atoms with Crippen molar-refractivity contribution >= 4 is 34.5 Å². The molecular weight excluding hydrogens is 516 g/mol. The summed E-state index contributed by atoms with van der Waals surface area (Å²) in [4.78, 5) is 27.7. The molecule has 5 aromatic rings. The van der Waals surface area contributed by atoms with Crippen LogP contribution in [0.15, 0.2) is 71.7 Å². The molecular formula is C31H28N8O2. The van der Waals surface area contributed by atoms with Gasteiger partial charge in [-0.1, -0.05) is 42.2 Å². The van der Waals surface area contributed by atoms with Crippen LogP contribution in [-0.2, 0) is 7.05 Å². The Morgan fingerprint density at radius 3 is 2.63 bits per heavy atom. The average molecular weight is 545 g/mol. The van der Waals surface area contributed by atoms with E-state index in [-0.39, 0.29) is 16.9 Å². The summed E-state index contributed by atoms with van der Waals surface area (Å²) in [6, 6.07) is 16.3.